The van der Waals surface area contributed by atoms with E-state index in [9.17, 15) is 34.5 Å². The minimum Gasteiger partial charge on any atom is -0.444 e. The van der Waals surface area contributed by atoms with Gasteiger partial charge in [0.15, 0.2) is 0 Å². The molecule has 24 nitrogen and oxygen atoms in total. The van der Waals surface area contributed by atoms with Crippen molar-refractivity contribution in [2.24, 2.45) is 0 Å². The van der Waals surface area contributed by atoms with Gasteiger partial charge in [0.25, 0.3) is 0 Å². The van der Waals surface area contributed by atoms with Gasteiger partial charge in [0, 0.05) is 87.3 Å². The summed E-state index contributed by atoms with van der Waals surface area (Å²) in [7, 11) is 2.11. The average Bonchev–Trinajstić information content (AvgIpc) is 1.20. The molecule has 0 saturated carbocycles. The summed E-state index contributed by atoms with van der Waals surface area (Å²) >= 11 is 1.97. The Balaban J connectivity index is 0.954. The average molecular weight is 1550 g/mol. The highest BCUT2D eigenvalue weighted by molar-refractivity contribution is 8.76. The molecule has 27 heteroatoms. The first-order valence-corrected chi connectivity index (χ1v) is 41.0. The van der Waals surface area contributed by atoms with Crippen molar-refractivity contribution in [3.8, 4) is 0 Å². The van der Waals surface area contributed by atoms with Gasteiger partial charge in [0.2, 0.25) is 41.4 Å². The molecule has 7 aromatic rings. The second kappa shape index (κ2) is 42.4. The summed E-state index contributed by atoms with van der Waals surface area (Å²) in [6.07, 6.45) is -0.350. The van der Waals surface area contributed by atoms with Gasteiger partial charge in [-0.3, -0.25) is 38.5 Å². The number of ether oxygens (including phenoxy) is 1. The molecule has 0 radical (unpaired) electrons. The predicted octanol–water partition coefficient (Wildman–Crippen LogP) is 6.12. The lowest BCUT2D eigenvalue weighted by atomic mass is 9.84. The molecule has 10 atom stereocenters. The highest BCUT2D eigenvalue weighted by Crippen LogP contribution is 2.48. The quantitative estimate of drug-likeness (QED) is 0.0137. The number of aliphatic hydroxyl groups excluding tert-OH is 3. The predicted molar refractivity (Wildman–Crippen MR) is 430 cm³/mol. The molecule has 2 fully saturated rings. The Bertz CT molecular complexity index is 3930. The number of unbranched alkanes of at least 4 members (excludes halogenated alkanes) is 1. The Morgan fingerprint density at radius 2 is 1.13 bits per heavy atom. The van der Waals surface area contributed by atoms with Crippen molar-refractivity contribution >= 4 is 91.7 Å². The molecule has 9 rings (SSSR count). The molecule has 2 saturated heterocycles. The molecular formula is C82H106N12O12S3. The van der Waals surface area contributed by atoms with Gasteiger partial charge in [0.05, 0.1) is 35.6 Å². The molecule has 109 heavy (non-hydrogen) atoms. The number of nitrogens with zero attached hydrogens (tertiary/aromatic N) is 2. The number of aliphatic hydroxyl groups is 3. The van der Waals surface area contributed by atoms with Gasteiger partial charge >= 0.3 is 6.09 Å². The summed E-state index contributed by atoms with van der Waals surface area (Å²) in [5.74, 6) is -5.12. The van der Waals surface area contributed by atoms with Crippen LogP contribution in [0.3, 0.4) is 0 Å². The van der Waals surface area contributed by atoms with Gasteiger partial charge in [-0.15, -0.1) is 11.8 Å². The summed E-state index contributed by atoms with van der Waals surface area (Å²) in [5.41, 5.74) is 5.79. The van der Waals surface area contributed by atoms with Gasteiger partial charge in [-0.25, -0.2) is 4.79 Å². The van der Waals surface area contributed by atoms with Crippen LogP contribution in [0.25, 0.3) is 10.9 Å². The maximum atomic E-state index is 15.4. The Kier molecular flexibility index (Phi) is 32.8. The van der Waals surface area contributed by atoms with E-state index in [-0.39, 0.29) is 56.6 Å². The summed E-state index contributed by atoms with van der Waals surface area (Å²) in [5, 5.41) is 58.4. The number of piperazine rings is 1. The number of H-pyrrole nitrogens is 1. The molecule has 0 spiro atoms. The van der Waals surface area contributed by atoms with Crippen molar-refractivity contribution in [1.82, 2.24) is 62.6 Å². The lowest BCUT2D eigenvalue weighted by molar-refractivity contribution is -0.136. The molecule has 0 aliphatic carbocycles. The van der Waals surface area contributed by atoms with E-state index in [1.165, 1.54) is 30.5 Å². The largest absolute Gasteiger partial charge is 0.444 e. The monoisotopic (exact) mass is 1550 g/mol. The van der Waals surface area contributed by atoms with E-state index in [1.54, 1.807) is 57.3 Å². The van der Waals surface area contributed by atoms with Crippen LogP contribution in [0.4, 0.5) is 4.79 Å². The zero-order valence-electron chi connectivity index (χ0n) is 62.7. The number of carbonyl (C=O) groups is 8. The van der Waals surface area contributed by atoms with Crippen molar-refractivity contribution in [2.75, 3.05) is 76.2 Å². The number of rotatable bonds is 30. The third kappa shape index (κ3) is 25.7. The second-order valence-corrected chi connectivity index (χ2v) is 32.5. The van der Waals surface area contributed by atoms with Crippen molar-refractivity contribution in [1.29, 1.82) is 0 Å². The van der Waals surface area contributed by atoms with Crippen LogP contribution in [-0.2, 0) is 62.3 Å². The normalized spacial score (nSPS) is 20.3. The van der Waals surface area contributed by atoms with Crippen LogP contribution in [0.15, 0.2) is 182 Å². The molecule has 0 unspecified atom stereocenters. The minimum atomic E-state index is -1.74. The van der Waals surface area contributed by atoms with Crippen LogP contribution in [0.5, 0.6) is 0 Å². The van der Waals surface area contributed by atoms with Crippen LogP contribution in [0, 0.1) is 0 Å². The first-order chi connectivity index (χ1) is 52.6. The zero-order valence-corrected chi connectivity index (χ0v) is 65.1. The van der Waals surface area contributed by atoms with Crippen LogP contribution in [0.2, 0.25) is 0 Å². The van der Waals surface area contributed by atoms with E-state index in [1.807, 2.05) is 66.4 Å². The molecule has 8 amide bonds. The van der Waals surface area contributed by atoms with Crippen LogP contribution in [0.1, 0.15) is 93.7 Å². The van der Waals surface area contributed by atoms with E-state index in [0.29, 0.717) is 24.2 Å². The number of nitrogens with one attached hydrogen (secondary N) is 10. The Morgan fingerprint density at radius 3 is 1.72 bits per heavy atom. The minimum absolute atomic E-state index is 0.0757. The molecule has 13 N–H and O–H groups in total. The van der Waals surface area contributed by atoms with Crippen LogP contribution < -0.4 is 47.9 Å². The molecule has 3 heterocycles. The number of hydrogen-bond acceptors (Lipinski definition) is 18. The number of para-hydroxylation sites is 1. The number of aromatic nitrogens is 1. The Labute approximate surface area is 651 Å². The zero-order chi connectivity index (χ0) is 77.7. The summed E-state index contributed by atoms with van der Waals surface area (Å²) in [6, 6.07) is 47.1. The van der Waals surface area contributed by atoms with Gasteiger partial charge in [-0.1, -0.05) is 191 Å². The number of amides is 8. The molecular weight excluding hydrogens is 1440 g/mol. The fraction of sp³-hybridized carbons (Fsp3) is 0.439. The first kappa shape index (κ1) is 84.3. The summed E-state index contributed by atoms with van der Waals surface area (Å²) in [6.45, 7) is 12.6. The molecule has 584 valence electrons. The fourth-order valence-electron chi connectivity index (χ4n) is 13.3. The van der Waals surface area contributed by atoms with E-state index in [4.69, 9.17) is 4.74 Å². The van der Waals surface area contributed by atoms with Gasteiger partial charge in [-0.2, -0.15) is 0 Å². The third-order valence-electron chi connectivity index (χ3n) is 19.2. The topological polar surface area (TPSA) is 337 Å². The van der Waals surface area contributed by atoms with Crippen molar-refractivity contribution in [3.63, 3.8) is 0 Å². The number of alkyl carbamates (subject to hydrolysis) is 1. The number of thioether (sulfide) groups is 1. The van der Waals surface area contributed by atoms with Gasteiger partial charge < -0.3 is 77.8 Å². The Morgan fingerprint density at radius 1 is 0.596 bits per heavy atom. The summed E-state index contributed by atoms with van der Waals surface area (Å²) in [4.78, 5) is 125. The maximum absolute atomic E-state index is 15.4. The number of hydrogen-bond donors (Lipinski definition) is 13. The fourth-order valence-corrected chi connectivity index (χ4v) is 17.1. The number of carbonyl (C=O) groups excluding carboxylic acids is 8. The van der Waals surface area contributed by atoms with Crippen molar-refractivity contribution in [2.45, 2.75) is 150 Å². The number of fused-ring (bicyclic) bond motifs is 1. The Hall–Kier alpha value is -8.77. The highest BCUT2D eigenvalue weighted by atomic mass is 33.1. The van der Waals surface area contributed by atoms with Crippen molar-refractivity contribution in [3.05, 3.63) is 216 Å². The summed E-state index contributed by atoms with van der Waals surface area (Å²) < 4.78 is 5.00. The highest BCUT2D eigenvalue weighted by Gasteiger charge is 2.39. The number of benzene rings is 6. The standard InChI is InChI=1S/C82H106N12O12S3/c1-55(96)69(52-95)89-78(103)71-54-109-108-53-70(90-74(99)66(48-57-26-11-6-12-27-57)83-40-42-94-45-43-93(44-46-94)41-25-47-107-82(60-30-15-8-16-31-60,61-32-17-9-18-33-61)62-34-19-10-20-35-62)77(102)87-67(49-58-28-13-7-14-29-58)75(100)88-68(50-59-51-85-64-37-22-21-36-63(59)64)76(101)86-65(73(98)92-72(56(2)97)79(104)91-71)38-23-24-39-84-80(105)106-81(3,4)5/h6-22,26-37,51,55-56,65-72,83,85,95-97H,23-25,38-50,52-54H2,1-5H3,(H,84,105)(H,86,101)(H,87,102)(H,88,100)(H,89,103)(H,90,99)(H,91,104)(H,92,98)/t55-,56-,65+,66-,67+,68-,69-,70+,71+,72+/m1/s1. The van der Waals surface area contributed by atoms with Crippen LogP contribution >= 0.6 is 33.3 Å². The third-order valence-corrected chi connectivity index (χ3v) is 23.3. The smallest absolute Gasteiger partial charge is 0.407 e. The first-order valence-electron chi connectivity index (χ1n) is 37.5. The lowest BCUT2D eigenvalue weighted by Crippen LogP contribution is -2.62. The number of aromatic amines is 1. The van der Waals surface area contributed by atoms with Gasteiger partial charge in [0.1, 0.15) is 41.9 Å². The van der Waals surface area contributed by atoms with Gasteiger partial charge in [-0.05, 0) is 118 Å². The molecule has 0 bridgehead atoms. The van der Waals surface area contributed by atoms with Crippen molar-refractivity contribution < 1.29 is 58.4 Å². The molecule has 2 aliphatic rings. The molecule has 6 aromatic carbocycles. The van der Waals surface area contributed by atoms with E-state index >= 15 is 19.2 Å². The SMILES string of the molecule is C[C@@H](O)[C@@H]1NC(=O)[C@H](CCCCNC(=O)OC(C)(C)C)NC(=O)[C@@H](Cc2c[nH]c3ccccc23)NC(=O)[C@H](Cc2ccccc2)NC(=O)[C@@H](NC(=O)[C@@H](Cc2ccccc2)NCCN2CCN(CCCSC(c3ccccc3)(c3ccccc3)c3ccccc3)CC2)CSSC[C@@H](C(=O)N[C@H](CO)[C@@H](C)O)NC1=O. The molecule has 2 aliphatic heterocycles. The van der Waals surface area contributed by atoms with E-state index < -0.39 is 125 Å². The lowest BCUT2D eigenvalue weighted by Gasteiger charge is -2.37. The second-order valence-electron chi connectivity index (χ2n) is 28.7. The van der Waals surface area contributed by atoms with E-state index in [2.05, 4.69) is 154 Å². The maximum Gasteiger partial charge on any atom is 0.407 e. The van der Waals surface area contributed by atoms with E-state index in [0.717, 1.165) is 83.0 Å². The molecule has 1 aromatic heterocycles. The van der Waals surface area contributed by atoms with Crippen LogP contribution in [-0.4, -0.2) is 220 Å².